The molecule has 3 rings (SSSR count). The minimum Gasteiger partial charge on any atom is -0.444 e. The zero-order valence-electron chi connectivity index (χ0n) is 16.3. The maximum atomic E-state index is 12.6. The molecule has 1 saturated heterocycles. The minimum absolute atomic E-state index is 0.130. The van der Waals surface area contributed by atoms with Gasteiger partial charge in [-0.25, -0.2) is 4.79 Å². The van der Waals surface area contributed by atoms with Gasteiger partial charge in [0, 0.05) is 25.1 Å². The Bertz CT molecular complexity index is 791. The third-order valence-electron chi connectivity index (χ3n) is 4.73. The van der Waals surface area contributed by atoms with Gasteiger partial charge in [0.25, 0.3) is 0 Å². The number of hydrogen-bond donors (Lipinski definition) is 0. The van der Waals surface area contributed by atoms with Crippen LogP contribution in [-0.2, 0) is 4.74 Å². The Labute approximate surface area is 161 Å². The Balaban J connectivity index is 1.56. The number of nitrogens with zero attached hydrogens (tertiary/aromatic N) is 1. The van der Waals surface area contributed by atoms with E-state index in [1.807, 2.05) is 63.2 Å². The van der Waals surface area contributed by atoms with Crippen LogP contribution in [-0.4, -0.2) is 35.5 Å². The van der Waals surface area contributed by atoms with Crippen molar-refractivity contribution in [2.45, 2.75) is 39.2 Å². The lowest BCUT2D eigenvalue weighted by molar-refractivity contribution is 0.0286. The molecule has 1 unspecified atom stereocenters. The van der Waals surface area contributed by atoms with E-state index in [-0.39, 0.29) is 17.8 Å². The normalized spacial score (nSPS) is 17.0. The van der Waals surface area contributed by atoms with Crippen LogP contribution < -0.4 is 0 Å². The number of carbonyl (C=O) groups is 2. The lowest BCUT2D eigenvalue weighted by atomic mass is 9.96. The first kappa shape index (κ1) is 19.2. The van der Waals surface area contributed by atoms with Crippen LogP contribution in [0.5, 0.6) is 0 Å². The second kappa shape index (κ2) is 7.95. The average Bonchev–Trinajstić information content (AvgIpc) is 3.10. The molecule has 0 aliphatic carbocycles. The van der Waals surface area contributed by atoms with E-state index in [9.17, 15) is 9.59 Å². The maximum absolute atomic E-state index is 12.6. The Morgan fingerprint density at radius 1 is 1.00 bits per heavy atom. The lowest BCUT2D eigenvalue weighted by Gasteiger charge is -2.24. The molecule has 0 radical (unpaired) electrons. The first-order chi connectivity index (χ1) is 12.8. The SMILES string of the molecule is CC(C)(C)OC(=O)N1CCC(CC(=O)c2ccc(-c3ccccc3)cc2)C1. The highest BCUT2D eigenvalue weighted by atomic mass is 16.6. The smallest absolute Gasteiger partial charge is 0.410 e. The summed E-state index contributed by atoms with van der Waals surface area (Å²) in [6.07, 6.45) is 1.02. The Morgan fingerprint density at radius 2 is 1.63 bits per heavy atom. The van der Waals surface area contributed by atoms with Crippen molar-refractivity contribution in [3.8, 4) is 11.1 Å². The van der Waals surface area contributed by atoms with Crippen LogP contribution >= 0.6 is 0 Å². The number of Topliss-reactive ketones (excluding diaryl/α,β-unsaturated/α-hetero) is 1. The van der Waals surface area contributed by atoms with E-state index in [0.717, 1.165) is 23.1 Å². The molecular formula is C23H27NO3. The predicted octanol–water partition coefficient (Wildman–Crippen LogP) is 5.18. The fraction of sp³-hybridized carbons (Fsp3) is 0.391. The highest BCUT2D eigenvalue weighted by molar-refractivity contribution is 5.96. The summed E-state index contributed by atoms with van der Waals surface area (Å²) in [5.41, 5.74) is 2.47. The number of hydrogen-bond acceptors (Lipinski definition) is 3. The van der Waals surface area contributed by atoms with Gasteiger partial charge in [-0.1, -0.05) is 54.6 Å². The van der Waals surface area contributed by atoms with Crippen LogP contribution in [0.15, 0.2) is 54.6 Å². The number of carbonyl (C=O) groups excluding carboxylic acids is 2. The van der Waals surface area contributed by atoms with Gasteiger partial charge in [-0.15, -0.1) is 0 Å². The van der Waals surface area contributed by atoms with Crippen molar-refractivity contribution in [3.63, 3.8) is 0 Å². The summed E-state index contributed by atoms with van der Waals surface area (Å²) in [7, 11) is 0. The van der Waals surface area contributed by atoms with Crippen molar-refractivity contribution in [1.29, 1.82) is 0 Å². The van der Waals surface area contributed by atoms with Gasteiger partial charge in [-0.3, -0.25) is 4.79 Å². The summed E-state index contributed by atoms with van der Waals surface area (Å²) < 4.78 is 5.42. The molecule has 0 bridgehead atoms. The van der Waals surface area contributed by atoms with Gasteiger partial charge in [-0.2, -0.15) is 0 Å². The van der Waals surface area contributed by atoms with Gasteiger partial charge in [0.15, 0.2) is 5.78 Å². The molecule has 0 saturated carbocycles. The number of rotatable bonds is 4. The topological polar surface area (TPSA) is 46.6 Å². The van der Waals surface area contributed by atoms with Crippen molar-refractivity contribution in [1.82, 2.24) is 4.90 Å². The molecular weight excluding hydrogens is 338 g/mol. The van der Waals surface area contributed by atoms with Crippen LogP contribution in [0.2, 0.25) is 0 Å². The second-order valence-corrected chi connectivity index (χ2v) is 8.15. The maximum Gasteiger partial charge on any atom is 0.410 e. The van der Waals surface area contributed by atoms with Crippen LogP contribution in [0.4, 0.5) is 4.79 Å². The predicted molar refractivity (Wildman–Crippen MR) is 107 cm³/mol. The van der Waals surface area contributed by atoms with Crippen molar-refractivity contribution >= 4 is 11.9 Å². The van der Waals surface area contributed by atoms with E-state index < -0.39 is 5.60 Å². The van der Waals surface area contributed by atoms with E-state index >= 15 is 0 Å². The highest BCUT2D eigenvalue weighted by Crippen LogP contribution is 2.25. The number of ketones is 1. The zero-order chi connectivity index (χ0) is 19.4. The first-order valence-electron chi connectivity index (χ1n) is 9.48. The van der Waals surface area contributed by atoms with Gasteiger partial charge in [0.2, 0.25) is 0 Å². The van der Waals surface area contributed by atoms with E-state index in [1.54, 1.807) is 4.90 Å². The summed E-state index contributed by atoms with van der Waals surface area (Å²) in [6.45, 7) is 6.83. The molecule has 1 aliphatic heterocycles. The fourth-order valence-corrected chi connectivity index (χ4v) is 3.35. The van der Waals surface area contributed by atoms with Crippen LogP contribution in [0, 0.1) is 5.92 Å². The zero-order valence-corrected chi connectivity index (χ0v) is 16.3. The summed E-state index contributed by atoms with van der Waals surface area (Å²) in [5, 5.41) is 0. The third-order valence-corrected chi connectivity index (χ3v) is 4.73. The molecule has 0 aromatic heterocycles. The van der Waals surface area contributed by atoms with Crippen LogP contribution in [0.3, 0.4) is 0 Å². The number of amides is 1. The van der Waals surface area contributed by atoms with Gasteiger partial charge in [0.1, 0.15) is 5.60 Å². The van der Waals surface area contributed by atoms with E-state index in [0.29, 0.717) is 19.5 Å². The van der Waals surface area contributed by atoms with Crippen molar-refractivity contribution < 1.29 is 14.3 Å². The molecule has 1 heterocycles. The molecule has 4 nitrogen and oxygen atoms in total. The molecule has 142 valence electrons. The highest BCUT2D eigenvalue weighted by Gasteiger charge is 2.30. The van der Waals surface area contributed by atoms with Crippen LogP contribution in [0.25, 0.3) is 11.1 Å². The number of ether oxygens (including phenoxy) is 1. The molecule has 0 spiro atoms. The summed E-state index contributed by atoms with van der Waals surface area (Å²) in [5.74, 6) is 0.324. The molecule has 1 atom stereocenters. The molecule has 1 amide bonds. The van der Waals surface area contributed by atoms with E-state index in [4.69, 9.17) is 4.74 Å². The van der Waals surface area contributed by atoms with Gasteiger partial charge in [-0.05, 0) is 44.2 Å². The van der Waals surface area contributed by atoms with Crippen LogP contribution in [0.1, 0.15) is 44.0 Å². The summed E-state index contributed by atoms with van der Waals surface area (Å²) >= 11 is 0. The second-order valence-electron chi connectivity index (χ2n) is 8.15. The van der Waals surface area contributed by atoms with Gasteiger partial charge >= 0.3 is 6.09 Å². The number of benzene rings is 2. The van der Waals surface area contributed by atoms with Crippen molar-refractivity contribution in [3.05, 3.63) is 60.2 Å². The Morgan fingerprint density at radius 3 is 2.26 bits per heavy atom. The molecule has 1 aliphatic rings. The van der Waals surface area contributed by atoms with E-state index in [1.165, 1.54) is 0 Å². The quantitative estimate of drug-likeness (QED) is 0.701. The summed E-state index contributed by atoms with van der Waals surface area (Å²) in [4.78, 5) is 26.5. The molecule has 0 N–H and O–H groups in total. The standard InChI is InChI=1S/C23H27NO3/c1-23(2,3)27-22(26)24-14-13-17(16-24)15-21(25)20-11-9-19(10-12-20)18-7-5-4-6-8-18/h4-12,17H,13-16H2,1-3H3. The van der Waals surface area contributed by atoms with Gasteiger partial charge in [0.05, 0.1) is 0 Å². The van der Waals surface area contributed by atoms with Gasteiger partial charge < -0.3 is 9.64 Å². The minimum atomic E-state index is -0.495. The van der Waals surface area contributed by atoms with E-state index in [2.05, 4.69) is 12.1 Å². The average molecular weight is 365 g/mol. The fourth-order valence-electron chi connectivity index (χ4n) is 3.35. The number of likely N-dealkylation sites (tertiary alicyclic amines) is 1. The largest absolute Gasteiger partial charge is 0.444 e. The molecule has 1 fully saturated rings. The van der Waals surface area contributed by atoms with Crippen molar-refractivity contribution in [2.75, 3.05) is 13.1 Å². The first-order valence-corrected chi connectivity index (χ1v) is 9.48. The summed E-state index contributed by atoms with van der Waals surface area (Å²) in [6, 6.07) is 17.9. The van der Waals surface area contributed by atoms with Crippen molar-refractivity contribution in [2.24, 2.45) is 5.92 Å². The molecule has 2 aromatic carbocycles. The molecule has 2 aromatic rings. The third kappa shape index (κ3) is 5.19. The Kier molecular flexibility index (Phi) is 5.64. The lowest BCUT2D eigenvalue weighted by Crippen LogP contribution is -2.35. The Hall–Kier alpha value is -2.62. The molecule has 4 heteroatoms. The molecule has 27 heavy (non-hydrogen) atoms. The monoisotopic (exact) mass is 365 g/mol.